The third-order valence-corrected chi connectivity index (χ3v) is 4.41. The lowest BCUT2D eigenvalue weighted by Gasteiger charge is -2.25. The molecule has 0 amide bonds. The summed E-state index contributed by atoms with van der Waals surface area (Å²) in [5.41, 5.74) is 0. The molecule has 88 valence electrons. The molecule has 6 heteroatoms. The summed E-state index contributed by atoms with van der Waals surface area (Å²) in [5.74, 6) is -0.766. The molecule has 0 aromatic carbocycles. The average molecular weight is 244 g/mol. The van der Waals surface area contributed by atoms with Crippen LogP contribution in [0, 0.1) is 5.95 Å². The van der Waals surface area contributed by atoms with E-state index in [9.17, 15) is 12.8 Å². The molecule has 0 N–H and O–H groups in total. The van der Waals surface area contributed by atoms with E-state index in [0.29, 0.717) is 13.1 Å². The first-order valence-electron chi connectivity index (χ1n) is 5.23. The van der Waals surface area contributed by atoms with E-state index in [1.807, 2.05) is 0 Å². The van der Waals surface area contributed by atoms with Crippen LogP contribution in [0.1, 0.15) is 19.3 Å². The molecule has 1 aromatic rings. The van der Waals surface area contributed by atoms with Crippen molar-refractivity contribution in [3.63, 3.8) is 0 Å². The molecule has 1 fully saturated rings. The molecule has 1 aliphatic rings. The summed E-state index contributed by atoms with van der Waals surface area (Å²) in [6.45, 7) is 1.00. The van der Waals surface area contributed by atoms with E-state index in [2.05, 4.69) is 4.98 Å². The van der Waals surface area contributed by atoms with Crippen molar-refractivity contribution in [1.29, 1.82) is 0 Å². The van der Waals surface area contributed by atoms with Crippen LogP contribution in [-0.4, -0.2) is 30.8 Å². The van der Waals surface area contributed by atoms with Gasteiger partial charge in [0.05, 0.1) is 0 Å². The summed E-state index contributed by atoms with van der Waals surface area (Å²) >= 11 is 0. The SMILES string of the molecule is O=S(=O)(c1cccc(F)n1)N1CCCCC1. The Morgan fingerprint density at radius 1 is 1.19 bits per heavy atom. The molecule has 0 bridgehead atoms. The van der Waals surface area contributed by atoms with Crippen molar-refractivity contribution in [2.45, 2.75) is 24.3 Å². The minimum absolute atomic E-state index is 0.200. The number of rotatable bonds is 2. The fraction of sp³-hybridized carbons (Fsp3) is 0.500. The Kier molecular flexibility index (Phi) is 3.20. The second-order valence-corrected chi connectivity index (χ2v) is 5.65. The van der Waals surface area contributed by atoms with Gasteiger partial charge in [-0.25, -0.2) is 13.4 Å². The smallest absolute Gasteiger partial charge is 0.206 e. The van der Waals surface area contributed by atoms with Crippen LogP contribution in [0.4, 0.5) is 4.39 Å². The lowest BCUT2D eigenvalue weighted by Crippen LogP contribution is -2.36. The van der Waals surface area contributed by atoms with Crippen molar-refractivity contribution >= 4 is 10.0 Å². The van der Waals surface area contributed by atoms with Gasteiger partial charge in [0.2, 0.25) is 5.95 Å². The van der Waals surface area contributed by atoms with Crippen LogP contribution in [0.15, 0.2) is 23.2 Å². The molecule has 0 atom stereocenters. The second kappa shape index (κ2) is 4.47. The number of hydrogen-bond acceptors (Lipinski definition) is 3. The van der Waals surface area contributed by atoms with Crippen LogP contribution in [0.3, 0.4) is 0 Å². The van der Waals surface area contributed by atoms with Gasteiger partial charge in [0.15, 0.2) is 5.03 Å². The normalized spacial score (nSPS) is 18.6. The molecule has 0 saturated carbocycles. The first-order chi connectivity index (χ1) is 7.60. The maximum absolute atomic E-state index is 12.9. The summed E-state index contributed by atoms with van der Waals surface area (Å²) in [5, 5.41) is -0.200. The third kappa shape index (κ3) is 2.22. The summed E-state index contributed by atoms with van der Waals surface area (Å²) < 4.78 is 38.3. The van der Waals surface area contributed by atoms with Crippen LogP contribution in [0.2, 0.25) is 0 Å². The number of hydrogen-bond donors (Lipinski definition) is 0. The van der Waals surface area contributed by atoms with E-state index < -0.39 is 16.0 Å². The second-order valence-electron chi connectivity index (χ2n) is 3.76. The first kappa shape index (κ1) is 11.5. The number of halogens is 1. The van der Waals surface area contributed by atoms with E-state index in [4.69, 9.17) is 0 Å². The van der Waals surface area contributed by atoms with Gasteiger partial charge >= 0.3 is 0 Å². The number of pyridine rings is 1. The third-order valence-electron chi connectivity index (χ3n) is 2.61. The maximum Gasteiger partial charge on any atom is 0.260 e. The van der Waals surface area contributed by atoms with Gasteiger partial charge in [0.1, 0.15) is 0 Å². The Hall–Kier alpha value is -1.01. The van der Waals surface area contributed by atoms with Crippen molar-refractivity contribution in [2.75, 3.05) is 13.1 Å². The van der Waals surface area contributed by atoms with E-state index >= 15 is 0 Å². The van der Waals surface area contributed by atoms with Gasteiger partial charge in [-0.3, -0.25) is 0 Å². The van der Waals surface area contributed by atoms with Gasteiger partial charge in [-0.15, -0.1) is 0 Å². The highest BCUT2D eigenvalue weighted by Gasteiger charge is 2.27. The van der Waals surface area contributed by atoms with Gasteiger partial charge < -0.3 is 0 Å². The Labute approximate surface area is 94.2 Å². The number of piperidine rings is 1. The van der Waals surface area contributed by atoms with Crippen LogP contribution >= 0.6 is 0 Å². The van der Waals surface area contributed by atoms with Crippen molar-refractivity contribution in [3.05, 3.63) is 24.1 Å². The van der Waals surface area contributed by atoms with E-state index in [-0.39, 0.29) is 5.03 Å². The highest BCUT2D eigenvalue weighted by molar-refractivity contribution is 7.89. The number of sulfonamides is 1. The Morgan fingerprint density at radius 2 is 1.88 bits per heavy atom. The molecule has 1 aliphatic heterocycles. The van der Waals surface area contributed by atoms with E-state index in [1.54, 1.807) is 0 Å². The minimum atomic E-state index is -3.60. The quantitative estimate of drug-likeness (QED) is 0.739. The zero-order valence-corrected chi connectivity index (χ0v) is 9.58. The van der Waals surface area contributed by atoms with Gasteiger partial charge in [0.25, 0.3) is 10.0 Å². The maximum atomic E-state index is 12.9. The summed E-state index contributed by atoms with van der Waals surface area (Å²) in [4.78, 5) is 3.42. The summed E-state index contributed by atoms with van der Waals surface area (Å²) in [7, 11) is -3.60. The zero-order valence-electron chi connectivity index (χ0n) is 8.76. The van der Waals surface area contributed by atoms with Crippen molar-refractivity contribution in [3.8, 4) is 0 Å². The average Bonchev–Trinajstić information content (AvgIpc) is 2.30. The zero-order chi connectivity index (χ0) is 11.6. The topological polar surface area (TPSA) is 50.3 Å². The molecule has 1 saturated heterocycles. The van der Waals surface area contributed by atoms with E-state index in [1.165, 1.54) is 16.4 Å². The summed E-state index contributed by atoms with van der Waals surface area (Å²) in [6, 6.07) is 3.82. The molecule has 0 aliphatic carbocycles. The minimum Gasteiger partial charge on any atom is -0.206 e. The fourth-order valence-electron chi connectivity index (χ4n) is 1.77. The van der Waals surface area contributed by atoms with Crippen LogP contribution < -0.4 is 0 Å². The van der Waals surface area contributed by atoms with Gasteiger partial charge in [-0.1, -0.05) is 12.5 Å². The van der Waals surface area contributed by atoms with Crippen molar-refractivity contribution in [2.24, 2.45) is 0 Å². The number of nitrogens with zero attached hydrogens (tertiary/aromatic N) is 2. The lowest BCUT2D eigenvalue weighted by molar-refractivity contribution is 0.345. The first-order valence-corrected chi connectivity index (χ1v) is 6.67. The Morgan fingerprint density at radius 3 is 2.50 bits per heavy atom. The molecule has 16 heavy (non-hydrogen) atoms. The fourth-order valence-corrected chi connectivity index (χ4v) is 3.23. The van der Waals surface area contributed by atoms with Crippen molar-refractivity contribution in [1.82, 2.24) is 9.29 Å². The molecule has 0 radical (unpaired) electrons. The van der Waals surface area contributed by atoms with Crippen molar-refractivity contribution < 1.29 is 12.8 Å². The molecular weight excluding hydrogens is 231 g/mol. The molecule has 0 spiro atoms. The lowest BCUT2D eigenvalue weighted by atomic mass is 10.2. The monoisotopic (exact) mass is 244 g/mol. The van der Waals surface area contributed by atoms with Crippen LogP contribution in [0.25, 0.3) is 0 Å². The van der Waals surface area contributed by atoms with Gasteiger partial charge in [-0.2, -0.15) is 8.70 Å². The van der Waals surface area contributed by atoms with E-state index in [0.717, 1.165) is 25.3 Å². The highest BCUT2D eigenvalue weighted by atomic mass is 32.2. The molecular formula is C10H13FN2O2S. The Balaban J connectivity index is 2.30. The largest absolute Gasteiger partial charge is 0.260 e. The highest BCUT2D eigenvalue weighted by Crippen LogP contribution is 2.18. The van der Waals surface area contributed by atoms with Gasteiger partial charge in [0, 0.05) is 13.1 Å². The Bertz CT molecular complexity index is 469. The van der Waals surface area contributed by atoms with Gasteiger partial charge in [-0.05, 0) is 25.0 Å². The standard InChI is InChI=1S/C10H13FN2O2S/c11-9-5-4-6-10(12-9)16(14,15)13-7-2-1-3-8-13/h4-6H,1-3,7-8H2. The molecule has 4 nitrogen and oxygen atoms in total. The molecule has 2 rings (SSSR count). The number of aromatic nitrogens is 1. The van der Waals surface area contributed by atoms with Crippen LogP contribution in [0.5, 0.6) is 0 Å². The molecule has 1 aromatic heterocycles. The predicted molar refractivity (Wildman–Crippen MR) is 56.8 cm³/mol. The summed E-state index contributed by atoms with van der Waals surface area (Å²) in [6.07, 6.45) is 2.76. The molecule has 2 heterocycles. The molecule has 0 unspecified atom stereocenters. The van der Waals surface area contributed by atoms with Crippen LogP contribution in [-0.2, 0) is 10.0 Å². The predicted octanol–water partition coefficient (Wildman–Crippen LogP) is 1.40.